The molecule has 0 aliphatic heterocycles. The van der Waals surface area contributed by atoms with Gasteiger partial charge in [-0.15, -0.1) is 0 Å². The van der Waals surface area contributed by atoms with Gasteiger partial charge in [-0.2, -0.15) is 13.2 Å². The maximum absolute atomic E-state index is 12.3. The number of aromatic nitrogens is 1. The van der Waals surface area contributed by atoms with Crippen LogP contribution in [0.4, 0.5) is 22.0 Å². The van der Waals surface area contributed by atoms with Gasteiger partial charge in [0.1, 0.15) is 5.69 Å². The third-order valence-electron chi connectivity index (χ3n) is 1.62. The third kappa shape index (κ3) is 3.50. The van der Waals surface area contributed by atoms with Crippen LogP contribution < -0.4 is 0 Å². The summed E-state index contributed by atoms with van der Waals surface area (Å²) in [4.78, 5) is 2.68. The van der Waals surface area contributed by atoms with Crippen LogP contribution in [-0.2, 0) is 15.2 Å². The van der Waals surface area contributed by atoms with Gasteiger partial charge >= 0.3 is 6.18 Å². The zero-order valence-electron chi connectivity index (χ0n) is 7.67. The van der Waals surface area contributed by atoms with Gasteiger partial charge in [0.15, 0.2) is 5.03 Å². The molecule has 0 spiro atoms. The van der Waals surface area contributed by atoms with E-state index in [0.717, 1.165) is 0 Å². The fraction of sp³-hybridized carbons (Fsp3) is 0.286. The van der Waals surface area contributed by atoms with E-state index in [0.29, 0.717) is 6.07 Å². The quantitative estimate of drug-likeness (QED) is 0.622. The molecule has 10 heteroatoms. The molecule has 0 fully saturated rings. The van der Waals surface area contributed by atoms with Crippen molar-refractivity contribution in [1.29, 1.82) is 0 Å². The van der Waals surface area contributed by atoms with Crippen molar-refractivity contribution in [3.63, 3.8) is 0 Å². The van der Waals surface area contributed by atoms with Crippen LogP contribution in [0.15, 0.2) is 17.2 Å². The first kappa shape index (κ1) is 14.1. The molecule has 17 heavy (non-hydrogen) atoms. The Kier molecular flexibility index (Phi) is 3.63. The molecule has 0 saturated heterocycles. The number of pyridine rings is 1. The van der Waals surface area contributed by atoms with Gasteiger partial charge in [0, 0.05) is 16.2 Å². The molecular weight excluding hydrogens is 293 g/mol. The summed E-state index contributed by atoms with van der Waals surface area (Å²) in [5.41, 5.74) is -2.86. The van der Waals surface area contributed by atoms with E-state index < -0.39 is 37.9 Å². The average Bonchev–Trinajstić information content (AvgIpc) is 2.14. The Hall–Kier alpha value is -0.960. The van der Waals surface area contributed by atoms with E-state index in [1.54, 1.807) is 0 Å². The lowest BCUT2D eigenvalue weighted by molar-refractivity contribution is -0.141. The third-order valence-corrected chi connectivity index (χ3v) is 2.80. The second kappa shape index (κ2) is 4.37. The molecule has 0 unspecified atom stereocenters. The molecule has 1 aromatic heterocycles. The van der Waals surface area contributed by atoms with Crippen molar-refractivity contribution in [2.24, 2.45) is 0 Å². The Morgan fingerprint density at radius 3 is 2.12 bits per heavy atom. The molecule has 0 amide bonds. The van der Waals surface area contributed by atoms with E-state index in [4.69, 9.17) is 10.7 Å². The van der Waals surface area contributed by atoms with Crippen molar-refractivity contribution in [2.75, 3.05) is 0 Å². The zero-order valence-corrected chi connectivity index (χ0v) is 9.24. The van der Waals surface area contributed by atoms with Gasteiger partial charge in [-0.25, -0.2) is 22.2 Å². The summed E-state index contributed by atoms with van der Waals surface area (Å²) in [6.45, 7) is 0. The topological polar surface area (TPSA) is 47.0 Å². The molecule has 0 aliphatic rings. The Balaban J connectivity index is 3.51. The molecule has 96 valence electrons. The van der Waals surface area contributed by atoms with Crippen LogP contribution in [0.3, 0.4) is 0 Å². The van der Waals surface area contributed by atoms with Crippen molar-refractivity contribution in [1.82, 2.24) is 4.98 Å². The van der Waals surface area contributed by atoms with Crippen molar-refractivity contribution >= 4 is 19.7 Å². The highest BCUT2D eigenvalue weighted by molar-refractivity contribution is 8.13. The lowest BCUT2D eigenvalue weighted by atomic mass is 10.2. The van der Waals surface area contributed by atoms with Crippen molar-refractivity contribution in [3.8, 4) is 0 Å². The van der Waals surface area contributed by atoms with Crippen LogP contribution in [-0.4, -0.2) is 13.4 Å². The number of rotatable bonds is 2. The number of alkyl halides is 5. The first-order chi connectivity index (χ1) is 7.51. The SMILES string of the molecule is O=S(=O)(Cl)c1cc(C(F)F)cc(C(F)(F)F)n1. The fourth-order valence-electron chi connectivity index (χ4n) is 0.921. The van der Waals surface area contributed by atoms with Crippen LogP contribution in [0.2, 0.25) is 0 Å². The Labute approximate surface area is 96.6 Å². The molecule has 0 saturated carbocycles. The smallest absolute Gasteiger partial charge is 0.230 e. The van der Waals surface area contributed by atoms with Crippen LogP contribution in [0.25, 0.3) is 0 Å². The van der Waals surface area contributed by atoms with Crippen LogP contribution in [0.5, 0.6) is 0 Å². The lowest BCUT2D eigenvalue weighted by Crippen LogP contribution is -2.11. The predicted molar refractivity (Wildman–Crippen MR) is 47.2 cm³/mol. The monoisotopic (exact) mass is 295 g/mol. The van der Waals surface area contributed by atoms with Gasteiger partial charge in [0.2, 0.25) is 0 Å². The Bertz CT molecular complexity index is 528. The Morgan fingerprint density at radius 2 is 1.76 bits per heavy atom. The predicted octanol–water partition coefficient (Wildman–Crippen LogP) is 2.97. The van der Waals surface area contributed by atoms with E-state index in [1.807, 2.05) is 0 Å². The summed E-state index contributed by atoms with van der Waals surface area (Å²) in [7, 11) is 0.141. The summed E-state index contributed by atoms with van der Waals surface area (Å²) in [5.74, 6) is 0. The molecule has 3 nitrogen and oxygen atoms in total. The first-order valence-corrected chi connectivity index (χ1v) is 6.15. The maximum Gasteiger partial charge on any atom is 0.433 e. The highest BCUT2D eigenvalue weighted by Crippen LogP contribution is 2.32. The van der Waals surface area contributed by atoms with E-state index >= 15 is 0 Å². The summed E-state index contributed by atoms with van der Waals surface area (Å²) < 4.78 is 82.9. The molecule has 1 rings (SSSR count). The number of hydrogen-bond donors (Lipinski definition) is 0. The van der Waals surface area contributed by atoms with E-state index in [9.17, 15) is 30.4 Å². The number of nitrogens with zero attached hydrogens (tertiary/aromatic N) is 1. The minimum Gasteiger partial charge on any atom is -0.230 e. The lowest BCUT2D eigenvalue weighted by Gasteiger charge is -2.09. The van der Waals surface area contributed by atoms with Gasteiger partial charge < -0.3 is 0 Å². The standard InChI is InChI=1S/C7H3ClF5NO2S/c8-17(15,16)5-2-3(6(9)10)1-4(14-5)7(11,12)13/h1-2,6H. The second-order valence-electron chi connectivity index (χ2n) is 2.86. The van der Waals surface area contributed by atoms with E-state index in [-0.39, 0.29) is 6.07 Å². The molecule has 0 aromatic carbocycles. The van der Waals surface area contributed by atoms with Crippen LogP contribution in [0, 0.1) is 0 Å². The average molecular weight is 296 g/mol. The van der Waals surface area contributed by atoms with Crippen LogP contribution in [0.1, 0.15) is 17.7 Å². The number of hydrogen-bond acceptors (Lipinski definition) is 3. The summed E-state index contributed by atoms with van der Waals surface area (Å²) in [6, 6.07) is 0.360. The minimum atomic E-state index is -5.04. The molecule has 0 aliphatic carbocycles. The highest BCUT2D eigenvalue weighted by Gasteiger charge is 2.35. The number of halogens is 6. The molecule has 0 atom stereocenters. The first-order valence-electron chi connectivity index (χ1n) is 3.84. The summed E-state index contributed by atoms with van der Waals surface area (Å²) >= 11 is 0. The summed E-state index contributed by atoms with van der Waals surface area (Å²) in [5, 5.41) is -1.26. The van der Waals surface area contributed by atoms with Gasteiger partial charge in [0.05, 0.1) is 0 Å². The van der Waals surface area contributed by atoms with Gasteiger partial charge in [-0.1, -0.05) is 0 Å². The van der Waals surface area contributed by atoms with E-state index in [2.05, 4.69) is 4.98 Å². The largest absolute Gasteiger partial charge is 0.433 e. The van der Waals surface area contributed by atoms with Gasteiger partial charge in [-0.05, 0) is 12.1 Å². The van der Waals surface area contributed by atoms with Crippen molar-refractivity contribution < 1.29 is 30.4 Å². The molecule has 1 heterocycles. The normalized spacial score (nSPS) is 13.1. The summed E-state index contributed by atoms with van der Waals surface area (Å²) in [6.07, 6.45) is -8.31. The Morgan fingerprint density at radius 1 is 1.24 bits per heavy atom. The highest BCUT2D eigenvalue weighted by atomic mass is 35.7. The van der Waals surface area contributed by atoms with Gasteiger partial charge in [-0.3, -0.25) is 0 Å². The molecular formula is C7H3ClF5NO2S. The maximum atomic E-state index is 12.3. The molecule has 0 N–H and O–H groups in total. The van der Waals surface area contributed by atoms with E-state index in [1.165, 1.54) is 0 Å². The van der Waals surface area contributed by atoms with Gasteiger partial charge in [0.25, 0.3) is 15.5 Å². The second-order valence-corrected chi connectivity index (χ2v) is 5.37. The fourth-order valence-corrected chi connectivity index (χ4v) is 1.64. The molecule has 0 bridgehead atoms. The molecule has 0 radical (unpaired) electrons. The van der Waals surface area contributed by atoms with Crippen molar-refractivity contribution in [2.45, 2.75) is 17.6 Å². The van der Waals surface area contributed by atoms with Crippen molar-refractivity contribution in [3.05, 3.63) is 23.4 Å². The zero-order chi connectivity index (χ0) is 13.4. The molecule has 1 aromatic rings. The minimum absolute atomic E-state index is 0.0657. The van der Waals surface area contributed by atoms with Crippen LogP contribution >= 0.6 is 10.7 Å².